The van der Waals surface area contributed by atoms with Crippen molar-refractivity contribution in [1.82, 2.24) is 4.90 Å². The SMILES string of the molecule is CCc1ccc2c(c1C)CCN(C(=O)OC(C)(C)C)CC2. The van der Waals surface area contributed by atoms with Gasteiger partial charge in [0.25, 0.3) is 0 Å². The molecular weight excluding hydrogens is 262 g/mol. The molecule has 0 N–H and O–H groups in total. The van der Waals surface area contributed by atoms with Gasteiger partial charge in [0, 0.05) is 13.1 Å². The van der Waals surface area contributed by atoms with Crippen LogP contribution in [0.1, 0.15) is 49.9 Å². The lowest BCUT2D eigenvalue weighted by Gasteiger charge is -2.26. The van der Waals surface area contributed by atoms with Crippen LogP contribution >= 0.6 is 0 Å². The second-order valence-electron chi connectivity index (χ2n) is 6.81. The third-order valence-electron chi connectivity index (χ3n) is 4.12. The van der Waals surface area contributed by atoms with E-state index in [9.17, 15) is 4.79 Å². The standard InChI is InChI=1S/C18H27NO2/c1-6-14-7-8-15-9-11-19(12-10-16(15)13(14)2)17(20)21-18(3,4)5/h7-8H,6,9-12H2,1-5H3. The summed E-state index contributed by atoms with van der Waals surface area (Å²) in [4.78, 5) is 14.1. The van der Waals surface area contributed by atoms with E-state index in [1.165, 1.54) is 22.3 Å². The average molecular weight is 289 g/mol. The summed E-state index contributed by atoms with van der Waals surface area (Å²) >= 11 is 0. The lowest BCUT2D eigenvalue weighted by molar-refractivity contribution is 0.0258. The summed E-state index contributed by atoms with van der Waals surface area (Å²) in [6.07, 6.45) is 2.71. The quantitative estimate of drug-likeness (QED) is 0.785. The number of nitrogens with zero attached hydrogens (tertiary/aromatic N) is 1. The molecule has 0 aromatic heterocycles. The molecule has 0 saturated carbocycles. The Kier molecular flexibility index (Phi) is 4.60. The van der Waals surface area contributed by atoms with Gasteiger partial charge in [0.05, 0.1) is 0 Å². The predicted octanol–water partition coefficient (Wildman–Crippen LogP) is 3.89. The van der Waals surface area contributed by atoms with E-state index in [-0.39, 0.29) is 6.09 Å². The van der Waals surface area contributed by atoms with E-state index in [0.717, 1.165) is 32.4 Å². The number of rotatable bonds is 1. The molecule has 1 aromatic rings. The van der Waals surface area contributed by atoms with Gasteiger partial charge in [0.1, 0.15) is 5.60 Å². The van der Waals surface area contributed by atoms with Crippen molar-refractivity contribution >= 4 is 6.09 Å². The first kappa shape index (κ1) is 15.9. The van der Waals surface area contributed by atoms with Gasteiger partial charge in [-0.2, -0.15) is 0 Å². The van der Waals surface area contributed by atoms with Crippen molar-refractivity contribution < 1.29 is 9.53 Å². The Balaban J connectivity index is 2.14. The number of hydrogen-bond acceptors (Lipinski definition) is 2. The lowest BCUT2D eigenvalue weighted by atomic mass is 9.93. The first-order valence-corrected chi connectivity index (χ1v) is 7.90. The third kappa shape index (κ3) is 3.78. The van der Waals surface area contributed by atoms with Crippen molar-refractivity contribution in [3.63, 3.8) is 0 Å². The molecule has 0 spiro atoms. The summed E-state index contributed by atoms with van der Waals surface area (Å²) in [6, 6.07) is 4.47. The second-order valence-corrected chi connectivity index (χ2v) is 6.81. The molecule has 1 aliphatic heterocycles. The van der Waals surface area contributed by atoms with Gasteiger partial charge in [-0.25, -0.2) is 4.79 Å². The fourth-order valence-corrected chi connectivity index (χ4v) is 2.95. The third-order valence-corrected chi connectivity index (χ3v) is 4.12. The fourth-order valence-electron chi connectivity index (χ4n) is 2.95. The molecular formula is C18H27NO2. The number of aryl methyl sites for hydroxylation is 1. The topological polar surface area (TPSA) is 29.5 Å². The number of hydrogen-bond donors (Lipinski definition) is 0. The molecule has 116 valence electrons. The molecule has 0 atom stereocenters. The second kappa shape index (κ2) is 6.08. The maximum atomic E-state index is 12.2. The van der Waals surface area contributed by atoms with Gasteiger partial charge in [0.15, 0.2) is 0 Å². The Labute approximate surface area is 128 Å². The predicted molar refractivity (Wildman–Crippen MR) is 85.8 cm³/mol. The minimum atomic E-state index is -0.429. The van der Waals surface area contributed by atoms with E-state index >= 15 is 0 Å². The summed E-state index contributed by atoms with van der Waals surface area (Å²) in [5.74, 6) is 0. The number of carbonyl (C=O) groups is 1. The van der Waals surface area contributed by atoms with E-state index in [1.54, 1.807) is 0 Å². The van der Waals surface area contributed by atoms with E-state index in [0.29, 0.717) is 0 Å². The Morgan fingerprint density at radius 1 is 1.24 bits per heavy atom. The summed E-state index contributed by atoms with van der Waals surface area (Å²) in [6.45, 7) is 11.6. The molecule has 0 saturated heterocycles. The van der Waals surface area contributed by atoms with Crippen LogP contribution in [0.2, 0.25) is 0 Å². The van der Waals surface area contributed by atoms with Crippen LogP contribution < -0.4 is 0 Å². The smallest absolute Gasteiger partial charge is 0.410 e. The molecule has 1 amide bonds. The Morgan fingerprint density at radius 3 is 2.52 bits per heavy atom. The highest BCUT2D eigenvalue weighted by Gasteiger charge is 2.24. The van der Waals surface area contributed by atoms with E-state index in [2.05, 4.69) is 26.0 Å². The molecule has 1 aliphatic rings. The van der Waals surface area contributed by atoms with E-state index in [1.807, 2.05) is 25.7 Å². The molecule has 21 heavy (non-hydrogen) atoms. The average Bonchev–Trinajstić information content (AvgIpc) is 2.60. The normalized spacial score (nSPS) is 15.4. The molecule has 3 nitrogen and oxygen atoms in total. The van der Waals surface area contributed by atoms with Gasteiger partial charge in [-0.3, -0.25) is 0 Å². The van der Waals surface area contributed by atoms with Crippen LogP contribution in [-0.4, -0.2) is 29.7 Å². The lowest BCUT2D eigenvalue weighted by Crippen LogP contribution is -2.38. The zero-order valence-electron chi connectivity index (χ0n) is 14.0. The zero-order chi connectivity index (χ0) is 15.6. The van der Waals surface area contributed by atoms with Crippen LogP contribution in [0.25, 0.3) is 0 Å². The van der Waals surface area contributed by atoms with Crippen LogP contribution in [0.4, 0.5) is 4.79 Å². The van der Waals surface area contributed by atoms with Gasteiger partial charge >= 0.3 is 6.09 Å². The molecule has 0 bridgehead atoms. The molecule has 0 unspecified atom stereocenters. The summed E-state index contributed by atoms with van der Waals surface area (Å²) in [7, 11) is 0. The van der Waals surface area contributed by atoms with Crippen molar-refractivity contribution in [2.45, 2.75) is 59.5 Å². The Bertz CT molecular complexity index is 529. The van der Waals surface area contributed by atoms with Gasteiger partial charge in [0.2, 0.25) is 0 Å². The van der Waals surface area contributed by atoms with Crippen molar-refractivity contribution in [3.8, 4) is 0 Å². The molecule has 1 heterocycles. The zero-order valence-corrected chi connectivity index (χ0v) is 14.0. The van der Waals surface area contributed by atoms with Crippen molar-refractivity contribution in [2.75, 3.05) is 13.1 Å². The van der Waals surface area contributed by atoms with Crippen LogP contribution in [0.3, 0.4) is 0 Å². The van der Waals surface area contributed by atoms with Gasteiger partial charge < -0.3 is 9.64 Å². The van der Waals surface area contributed by atoms with Gasteiger partial charge in [-0.15, -0.1) is 0 Å². The maximum absolute atomic E-state index is 12.2. The molecule has 0 aliphatic carbocycles. The molecule has 0 fully saturated rings. The van der Waals surface area contributed by atoms with E-state index < -0.39 is 5.60 Å². The van der Waals surface area contributed by atoms with Crippen molar-refractivity contribution in [1.29, 1.82) is 0 Å². The van der Waals surface area contributed by atoms with Crippen LogP contribution in [-0.2, 0) is 24.0 Å². The molecule has 2 rings (SSSR count). The number of amides is 1. The Morgan fingerprint density at radius 2 is 1.90 bits per heavy atom. The first-order chi connectivity index (χ1) is 9.81. The molecule has 0 radical (unpaired) electrons. The molecule has 3 heteroatoms. The van der Waals surface area contributed by atoms with E-state index in [4.69, 9.17) is 4.74 Å². The number of benzene rings is 1. The molecule has 1 aromatic carbocycles. The van der Waals surface area contributed by atoms with Crippen LogP contribution in [0, 0.1) is 6.92 Å². The highest BCUT2D eigenvalue weighted by Crippen LogP contribution is 2.24. The maximum Gasteiger partial charge on any atom is 0.410 e. The number of fused-ring (bicyclic) bond motifs is 1. The minimum Gasteiger partial charge on any atom is -0.444 e. The summed E-state index contributed by atoms with van der Waals surface area (Å²) in [5.41, 5.74) is 5.21. The highest BCUT2D eigenvalue weighted by molar-refractivity contribution is 5.68. The van der Waals surface area contributed by atoms with Crippen molar-refractivity contribution in [2.24, 2.45) is 0 Å². The first-order valence-electron chi connectivity index (χ1n) is 7.90. The fraction of sp³-hybridized carbons (Fsp3) is 0.611. The van der Waals surface area contributed by atoms with Gasteiger partial charge in [-0.1, -0.05) is 19.1 Å². The minimum absolute atomic E-state index is 0.191. The largest absolute Gasteiger partial charge is 0.444 e. The monoisotopic (exact) mass is 289 g/mol. The summed E-state index contributed by atoms with van der Waals surface area (Å²) in [5, 5.41) is 0. The van der Waals surface area contributed by atoms with Crippen LogP contribution in [0.15, 0.2) is 12.1 Å². The van der Waals surface area contributed by atoms with Crippen LogP contribution in [0.5, 0.6) is 0 Å². The van der Waals surface area contributed by atoms with Crippen molar-refractivity contribution in [3.05, 3.63) is 34.4 Å². The Hall–Kier alpha value is -1.51. The highest BCUT2D eigenvalue weighted by atomic mass is 16.6. The number of ether oxygens (including phenoxy) is 1. The van der Waals surface area contributed by atoms with Gasteiger partial charge in [-0.05, 0) is 69.2 Å². The number of carbonyl (C=O) groups excluding carboxylic acids is 1. The summed E-state index contributed by atoms with van der Waals surface area (Å²) < 4.78 is 5.49.